The summed E-state index contributed by atoms with van der Waals surface area (Å²) in [6.07, 6.45) is 0. The number of benzene rings is 2. The fraction of sp³-hybridized carbons (Fsp3) is 0.250. The van der Waals surface area contributed by atoms with Gasteiger partial charge in [-0.3, -0.25) is 9.59 Å². The number of carbonyl (C=O) groups excluding carboxylic acids is 2. The fourth-order valence-electron chi connectivity index (χ4n) is 2.45. The Labute approximate surface area is 151 Å². The predicted octanol–water partition coefficient (Wildman–Crippen LogP) is 2.77. The Morgan fingerprint density at radius 1 is 1.15 bits per heavy atom. The molecule has 0 radical (unpaired) electrons. The van der Waals surface area contributed by atoms with Crippen molar-refractivity contribution in [3.8, 4) is 6.07 Å². The van der Waals surface area contributed by atoms with Crippen LogP contribution in [0.1, 0.15) is 35.3 Å². The van der Waals surface area contributed by atoms with Crippen molar-refractivity contribution in [1.29, 1.82) is 5.26 Å². The van der Waals surface area contributed by atoms with E-state index in [-0.39, 0.29) is 23.9 Å². The fourth-order valence-corrected chi connectivity index (χ4v) is 2.45. The zero-order chi connectivity index (χ0) is 19.1. The standard InChI is InChI=1S/C20H20FN3O2/c1-13(2)18(24-19(25)16-8-3-4-9-17(16)21)20(26)23-12-15-7-5-6-14(10-15)11-22/h3-10,13,18H,12H2,1-2H3,(H,23,26)(H,24,25). The molecule has 26 heavy (non-hydrogen) atoms. The van der Waals surface area contributed by atoms with Crippen LogP contribution in [-0.2, 0) is 11.3 Å². The third-order valence-electron chi connectivity index (χ3n) is 3.88. The minimum Gasteiger partial charge on any atom is -0.350 e. The topological polar surface area (TPSA) is 82.0 Å². The van der Waals surface area contributed by atoms with Gasteiger partial charge in [0.05, 0.1) is 17.2 Å². The normalized spacial score (nSPS) is 11.5. The van der Waals surface area contributed by atoms with Crippen LogP contribution < -0.4 is 10.6 Å². The highest BCUT2D eigenvalue weighted by molar-refractivity contribution is 5.97. The molecule has 0 aliphatic carbocycles. The number of nitrogens with zero attached hydrogens (tertiary/aromatic N) is 1. The summed E-state index contributed by atoms with van der Waals surface area (Å²) >= 11 is 0. The highest BCUT2D eigenvalue weighted by Gasteiger charge is 2.25. The summed E-state index contributed by atoms with van der Waals surface area (Å²) in [7, 11) is 0. The van der Waals surface area contributed by atoms with Crippen LogP contribution in [0.5, 0.6) is 0 Å². The second kappa shape index (κ2) is 8.77. The van der Waals surface area contributed by atoms with Gasteiger partial charge in [0, 0.05) is 6.54 Å². The third kappa shape index (κ3) is 4.90. The summed E-state index contributed by atoms with van der Waals surface area (Å²) in [6, 6.07) is 13.7. The van der Waals surface area contributed by atoms with E-state index >= 15 is 0 Å². The average Bonchev–Trinajstić information content (AvgIpc) is 2.64. The second-order valence-electron chi connectivity index (χ2n) is 6.20. The van der Waals surface area contributed by atoms with Crippen LogP contribution in [0.15, 0.2) is 48.5 Å². The SMILES string of the molecule is CC(C)C(NC(=O)c1ccccc1F)C(=O)NCc1cccc(C#N)c1. The van der Waals surface area contributed by atoms with Gasteiger partial charge in [0.1, 0.15) is 11.9 Å². The van der Waals surface area contributed by atoms with Crippen LogP contribution in [-0.4, -0.2) is 17.9 Å². The number of nitriles is 1. The summed E-state index contributed by atoms with van der Waals surface area (Å²) < 4.78 is 13.7. The Kier molecular flexibility index (Phi) is 6.45. The molecule has 0 bridgehead atoms. The Morgan fingerprint density at radius 2 is 1.88 bits per heavy atom. The lowest BCUT2D eigenvalue weighted by molar-refractivity contribution is -0.124. The van der Waals surface area contributed by atoms with Crippen LogP contribution in [0.2, 0.25) is 0 Å². The van der Waals surface area contributed by atoms with Gasteiger partial charge in [-0.2, -0.15) is 5.26 Å². The molecule has 5 nitrogen and oxygen atoms in total. The molecule has 0 heterocycles. The van der Waals surface area contributed by atoms with Crippen LogP contribution >= 0.6 is 0 Å². The van der Waals surface area contributed by atoms with E-state index in [1.54, 1.807) is 44.2 Å². The quantitative estimate of drug-likeness (QED) is 0.838. The van der Waals surface area contributed by atoms with Crippen LogP contribution in [0, 0.1) is 23.1 Å². The lowest BCUT2D eigenvalue weighted by atomic mass is 10.0. The molecule has 2 rings (SSSR count). The molecule has 1 atom stereocenters. The van der Waals surface area contributed by atoms with Crippen molar-refractivity contribution in [2.45, 2.75) is 26.4 Å². The molecule has 0 fully saturated rings. The summed E-state index contributed by atoms with van der Waals surface area (Å²) in [5.74, 6) is -1.83. The van der Waals surface area contributed by atoms with Gasteiger partial charge >= 0.3 is 0 Å². The van der Waals surface area contributed by atoms with E-state index in [9.17, 15) is 14.0 Å². The molecule has 2 amide bonds. The molecule has 2 aromatic carbocycles. The number of rotatable bonds is 6. The van der Waals surface area contributed by atoms with E-state index in [0.29, 0.717) is 5.56 Å². The van der Waals surface area contributed by atoms with Crippen molar-refractivity contribution >= 4 is 11.8 Å². The maximum Gasteiger partial charge on any atom is 0.254 e. The predicted molar refractivity (Wildman–Crippen MR) is 95.5 cm³/mol. The van der Waals surface area contributed by atoms with Gasteiger partial charge < -0.3 is 10.6 Å². The molecule has 2 N–H and O–H groups in total. The van der Waals surface area contributed by atoms with Crippen molar-refractivity contribution in [2.24, 2.45) is 5.92 Å². The van der Waals surface area contributed by atoms with E-state index in [4.69, 9.17) is 5.26 Å². The van der Waals surface area contributed by atoms with Gasteiger partial charge in [0.25, 0.3) is 5.91 Å². The number of nitrogens with one attached hydrogen (secondary N) is 2. The molecule has 2 aromatic rings. The first-order chi connectivity index (χ1) is 12.4. The van der Waals surface area contributed by atoms with Crippen LogP contribution in [0.25, 0.3) is 0 Å². The van der Waals surface area contributed by atoms with Crippen molar-refractivity contribution in [2.75, 3.05) is 0 Å². The van der Waals surface area contributed by atoms with Crippen molar-refractivity contribution in [3.05, 3.63) is 71.0 Å². The zero-order valence-electron chi connectivity index (χ0n) is 14.6. The molecule has 1 unspecified atom stereocenters. The maximum atomic E-state index is 13.7. The Morgan fingerprint density at radius 3 is 2.54 bits per heavy atom. The minimum absolute atomic E-state index is 0.104. The van der Waals surface area contributed by atoms with E-state index in [2.05, 4.69) is 10.6 Å². The molecular formula is C20H20FN3O2. The number of amides is 2. The lowest BCUT2D eigenvalue weighted by Crippen LogP contribution is -2.49. The van der Waals surface area contributed by atoms with E-state index in [1.165, 1.54) is 18.2 Å². The lowest BCUT2D eigenvalue weighted by Gasteiger charge is -2.22. The first kappa shape index (κ1) is 19.1. The largest absolute Gasteiger partial charge is 0.350 e. The van der Waals surface area contributed by atoms with Crippen molar-refractivity contribution in [1.82, 2.24) is 10.6 Å². The smallest absolute Gasteiger partial charge is 0.254 e. The number of carbonyl (C=O) groups is 2. The van der Waals surface area contributed by atoms with Gasteiger partial charge in [-0.05, 0) is 35.7 Å². The van der Waals surface area contributed by atoms with Gasteiger partial charge in [0.2, 0.25) is 5.91 Å². The van der Waals surface area contributed by atoms with Gasteiger partial charge in [-0.1, -0.05) is 38.1 Å². The Hall–Kier alpha value is -3.20. The van der Waals surface area contributed by atoms with Gasteiger partial charge in [0.15, 0.2) is 0 Å². The summed E-state index contributed by atoms with van der Waals surface area (Å²) in [4.78, 5) is 24.8. The molecule has 0 saturated carbocycles. The molecule has 0 aliphatic rings. The summed E-state index contributed by atoms with van der Waals surface area (Å²) in [5.41, 5.74) is 1.18. The van der Waals surface area contributed by atoms with Gasteiger partial charge in [-0.15, -0.1) is 0 Å². The molecule has 0 aromatic heterocycles. The molecule has 6 heteroatoms. The second-order valence-corrected chi connectivity index (χ2v) is 6.20. The summed E-state index contributed by atoms with van der Waals surface area (Å²) in [6.45, 7) is 3.82. The average molecular weight is 353 g/mol. The monoisotopic (exact) mass is 353 g/mol. The number of halogens is 1. The first-order valence-electron chi connectivity index (χ1n) is 8.24. The van der Waals surface area contributed by atoms with Crippen molar-refractivity contribution < 1.29 is 14.0 Å². The first-order valence-corrected chi connectivity index (χ1v) is 8.24. The Balaban J connectivity index is 2.04. The minimum atomic E-state index is -0.804. The van der Waals surface area contributed by atoms with Gasteiger partial charge in [-0.25, -0.2) is 4.39 Å². The highest BCUT2D eigenvalue weighted by atomic mass is 19.1. The maximum absolute atomic E-state index is 13.7. The number of hydrogen-bond donors (Lipinski definition) is 2. The Bertz CT molecular complexity index is 843. The van der Waals surface area contributed by atoms with Crippen LogP contribution in [0.4, 0.5) is 4.39 Å². The third-order valence-corrected chi connectivity index (χ3v) is 3.88. The molecule has 134 valence electrons. The van der Waals surface area contributed by atoms with E-state index < -0.39 is 17.8 Å². The molecule has 0 saturated heterocycles. The highest BCUT2D eigenvalue weighted by Crippen LogP contribution is 2.10. The molecular weight excluding hydrogens is 333 g/mol. The van der Waals surface area contributed by atoms with E-state index in [0.717, 1.165) is 5.56 Å². The summed E-state index contributed by atoms with van der Waals surface area (Å²) in [5, 5.41) is 14.2. The molecule has 0 aliphatic heterocycles. The van der Waals surface area contributed by atoms with E-state index in [1.807, 2.05) is 6.07 Å². The van der Waals surface area contributed by atoms with Crippen LogP contribution in [0.3, 0.4) is 0 Å². The number of hydrogen-bond acceptors (Lipinski definition) is 3. The zero-order valence-corrected chi connectivity index (χ0v) is 14.6. The molecule has 0 spiro atoms. The van der Waals surface area contributed by atoms with Crippen molar-refractivity contribution in [3.63, 3.8) is 0 Å².